The number of ether oxygens (including phenoxy) is 1. The maximum absolute atomic E-state index is 14.5. The van der Waals surface area contributed by atoms with Gasteiger partial charge in [0.15, 0.2) is 0 Å². The van der Waals surface area contributed by atoms with Gasteiger partial charge in [0.1, 0.15) is 11.6 Å². The van der Waals surface area contributed by atoms with E-state index in [1.165, 1.54) is 0 Å². The molecule has 4 heterocycles. The van der Waals surface area contributed by atoms with Gasteiger partial charge in [-0.1, -0.05) is 74.9 Å². The van der Waals surface area contributed by atoms with Crippen molar-refractivity contribution in [3.63, 3.8) is 0 Å². The van der Waals surface area contributed by atoms with Crippen molar-refractivity contribution in [2.45, 2.75) is 62.8 Å². The first kappa shape index (κ1) is 26.6. The van der Waals surface area contributed by atoms with Crippen LogP contribution in [-0.2, 0) is 25.5 Å². The van der Waals surface area contributed by atoms with Crippen LogP contribution >= 0.6 is 0 Å². The lowest BCUT2D eigenvalue weighted by molar-refractivity contribution is -0.157. The van der Waals surface area contributed by atoms with E-state index in [4.69, 9.17) is 4.74 Å². The molecule has 0 radical (unpaired) electrons. The zero-order valence-corrected chi connectivity index (χ0v) is 22.6. The molecule has 1 aromatic carbocycles. The van der Waals surface area contributed by atoms with E-state index in [1.807, 2.05) is 61.6 Å². The Labute approximate surface area is 224 Å². The van der Waals surface area contributed by atoms with Gasteiger partial charge >= 0.3 is 0 Å². The summed E-state index contributed by atoms with van der Waals surface area (Å²) in [6.07, 6.45) is 10.4. The first-order chi connectivity index (χ1) is 18.3. The summed E-state index contributed by atoms with van der Waals surface area (Å²) in [5, 5.41) is 10.6. The fourth-order valence-electron chi connectivity index (χ4n) is 6.95. The minimum absolute atomic E-state index is 0.149. The second-order valence-corrected chi connectivity index (χ2v) is 11.1. The van der Waals surface area contributed by atoms with Crippen LogP contribution in [0.15, 0.2) is 54.6 Å². The number of carbonyl (C=O) groups is 3. The summed E-state index contributed by atoms with van der Waals surface area (Å²) in [6, 6.07) is 8.08. The van der Waals surface area contributed by atoms with Crippen molar-refractivity contribution in [2.75, 3.05) is 33.3 Å². The number of fused-ring (bicyclic) bond motifs is 2. The maximum atomic E-state index is 14.5. The molecule has 1 aromatic rings. The van der Waals surface area contributed by atoms with E-state index in [0.717, 1.165) is 18.4 Å². The SMILES string of the molecule is CCCCN1CC=C[C@]23O[C@@]4(CC)C=CCN(C)C(=O)[C@H]4[C@H]2C(=O)N([C@@H](CO)Cc2ccccc2)C3C1=O. The van der Waals surface area contributed by atoms with Gasteiger partial charge in [0, 0.05) is 26.7 Å². The molecule has 0 saturated carbocycles. The molecule has 2 fully saturated rings. The average Bonchev–Trinajstić information content (AvgIpc) is 3.24. The third-order valence-electron chi connectivity index (χ3n) is 8.86. The summed E-state index contributed by atoms with van der Waals surface area (Å²) < 4.78 is 6.95. The van der Waals surface area contributed by atoms with Crippen LogP contribution in [-0.4, -0.2) is 94.1 Å². The predicted octanol–water partition coefficient (Wildman–Crippen LogP) is 2.18. The average molecular weight is 522 g/mol. The molecule has 1 N–H and O–H groups in total. The van der Waals surface area contributed by atoms with Gasteiger partial charge in [0.2, 0.25) is 17.7 Å². The summed E-state index contributed by atoms with van der Waals surface area (Å²) in [4.78, 5) is 47.7. The Morgan fingerprint density at radius 1 is 1.00 bits per heavy atom. The monoisotopic (exact) mass is 521 g/mol. The molecule has 0 aromatic heterocycles. The molecule has 204 valence electrons. The first-order valence-corrected chi connectivity index (χ1v) is 13.9. The highest BCUT2D eigenvalue weighted by Gasteiger charge is 2.75. The molecule has 4 aliphatic heterocycles. The molecule has 1 spiro atoms. The largest absolute Gasteiger partial charge is 0.394 e. The number of hydrogen-bond acceptors (Lipinski definition) is 5. The van der Waals surface area contributed by atoms with Crippen LogP contribution in [0.5, 0.6) is 0 Å². The van der Waals surface area contributed by atoms with Crippen LogP contribution in [0.4, 0.5) is 0 Å². The van der Waals surface area contributed by atoms with Crippen molar-refractivity contribution in [2.24, 2.45) is 11.8 Å². The molecule has 6 atom stereocenters. The van der Waals surface area contributed by atoms with Gasteiger partial charge in [-0.05, 0) is 24.8 Å². The molecule has 4 aliphatic rings. The normalized spacial score (nSPS) is 33.2. The van der Waals surface area contributed by atoms with Gasteiger partial charge in [-0.25, -0.2) is 0 Å². The number of nitrogens with zero attached hydrogens (tertiary/aromatic N) is 3. The van der Waals surface area contributed by atoms with Crippen molar-refractivity contribution in [3.05, 3.63) is 60.2 Å². The summed E-state index contributed by atoms with van der Waals surface area (Å²) in [5.41, 5.74) is -1.32. The van der Waals surface area contributed by atoms with Gasteiger partial charge in [0.25, 0.3) is 0 Å². The van der Waals surface area contributed by atoms with Crippen LogP contribution in [0.2, 0.25) is 0 Å². The van der Waals surface area contributed by atoms with E-state index in [2.05, 4.69) is 6.92 Å². The molecule has 8 nitrogen and oxygen atoms in total. The Morgan fingerprint density at radius 3 is 2.42 bits per heavy atom. The Hall–Kier alpha value is -2.97. The number of likely N-dealkylation sites (tertiary alicyclic amines) is 1. The number of carbonyl (C=O) groups excluding carboxylic acids is 3. The summed E-state index contributed by atoms with van der Waals surface area (Å²) in [7, 11) is 1.74. The Morgan fingerprint density at radius 2 is 1.74 bits per heavy atom. The molecular weight excluding hydrogens is 482 g/mol. The van der Waals surface area contributed by atoms with E-state index >= 15 is 0 Å². The number of aliphatic hydroxyl groups excluding tert-OH is 1. The third-order valence-corrected chi connectivity index (χ3v) is 8.86. The van der Waals surface area contributed by atoms with Crippen molar-refractivity contribution < 1.29 is 24.2 Å². The zero-order valence-electron chi connectivity index (χ0n) is 22.6. The van der Waals surface area contributed by atoms with Gasteiger partial charge in [-0.3, -0.25) is 14.4 Å². The molecule has 0 bridgehead atoms. The van der Waals surface area contributed by atoms with Crippen LogP contribution < -0.4 is 0 Å². The number of hydrogen-bond donors (Lipinski definition) is 1. The van der Waals surface area contributed by atoms with Crippen LogP contribution in [0.1, 0.15) is 38.7 Å². The number of amides is 3. The highest BCUT2D eigenvalue weighted by atomic mass is 16.5. The number of unbranched alkanes of at least 4 members (excludes halogenated alkanes) is 1. The second-order valence-electron chi connectivity index (χ2n) is 11.1. The fourth-order valence-corrected chi connectivity index (χ4v) is 6.95. The lowest BCUT2D eigenvalue weighted by Gasteiger charge is -2.41. The smallest absolute Gasteiger partial charge is 0.249 e. The van der Waals surface area contributed by atoms with Gasteiger partial charge < -0.3 is 24.5 Å². The van der Waals surface area contributed by atoms with E-state index in [0.29, 0.717) is 32.5 Å². The van der Waals surface area contributed by atoms with Crippen molar-refractivity contribution >= 4 is 17.7 Å². The number of likely N-dealkylation sites (N-methyl/N-ethyl adjacent to an activating group) is 1. The molecule has 2 saturated heterocycles. The van der Waals surface area contributed by atoms with Crippen molar-refractivity contribution in [1.82, 2.24) is 14.7 Å². The number of rotatable bonds is 8. The molecule has 0 aliphatic carbocycles. The Bertz CT molecular complexity index is 1140. The lowest BCUT2D eigenvalue weighted by Crippen LogP contribution is -2.59. The van der Waals surface area contributed by atoms with Gasteiger partial charge in [-0.2, -0.15) is 0 Å². The lowest BCUT2D eigenvalue weighted by atomic mass is 9.73. The zero-order chi connectivity index (χ0) is 27.1. The quantitative estimate of drug-likeness (QED) is 0.530. The van der Waals surface area contributed by atoms with Crippen LogP contribution in [0.25, 0.3) is 0 Å². The Balaban J connectivity index is 1.65. The van der Waals surface area contributed by atoms with Crippen LogP contribution in [0.3, 0.4) is 0 Å². The molecular formula is C30H39N3O5. The third kappa shape index (κ3) is 4.00. The van der Waals surface area contributed by atoms with E-state index < -0.39 is 35.1 Å². The van der Waals surface area contributed by atoms with Crippen LogP contribution in [0, 0.1) is 11.8 Å². The molecule has 3 amide bonds. The standard InChI is InChI=1S/C30H39N3O5/c1-4-6-17-32-18-11-15-30-24(23-26(35)31(3)16-10-14-29(23,5-2)38-30)27(36)33(25(30)28(32)37)22(20-34)19-21-12-8-7-9-13-21/h7-15,22-25,34H,4-6,16-20H2,1-3H3/t22-,23-,24+,25?,29+,30+/m1/s1. The van der Waals surface area contributed by atoms with Crippen molar-refractivity contribution in [1.29, 1.82) is 0 Å². The minimum Gasteiger partial charge on any atom is -0.394 e. The highest BCUT2D eigenvalue weighted by Crippen LogP contribution is 2.58. The van der Waals surface area contributed by atoms with E-state index in [9.17, 15) is 19.5 Å². The minimum atomic E-state index is -1.29. The fraction of sp³-hybridized carbons (Fsp3) is 0.567. The topological polar surface area (TPSA) is 90.4 Å². The summed E-state index contributed by atoms with van der Waals surface area (Å²) in [6.45, 7) is 5.18. The summed E-state index contributed by atoms with van der Waals surface area (Å²) >= 11 is 0. The second kappa shape index (κ2) is 10.3. The van der Waals surface area contributed by atoms with Gasteiger partial charge in [0.05, 0.1) is 30.1 Å². The highest BCUT2D eigenvalue weighted by molar-refractivity contribution is 6.00. The van der Waals surface area contributed by atoms with Gasteiger partial charge in [-0.15, -0.1) is 0 Å². The molecule has 8 heteroatoms. The molecule has 1 unspecified atom stereocenters. The molecule has 5 rings (SSSR count). The molecule has 38 heavy (non-hydrogen) atoms. The maximum Gasteiger partial charge on any atom is 0.249 e. The first-order valence-electron chi connectivity index (χ1n) is 13.9. The predicted molar refractivity (Wildman–Crippen MR) is 143 cm³/mol. The number of aliphatic hydroxyl groups is 1. The number of benzene rings is 1. The van der Waals surface area contributed by atoms with E-state index in [1.54, 1.807) is 21.7 Å². The summed E-state index contributed by atoms with van der Waals surface area (Å²) in [5.74, 6) is -2.24. The Kier molecular flexibility index (Phi) is 7.22. The van der Waals surface area contributed by atoms with Crippen molar-refractivity contribution in [3.8, 4) is 0 Å². The van der Waals surface area contributed by atoms with E-state index in [-0.39, 0.29) is 24.3 Å².